The van der Waals surface area contributed by atoms with Gasteiger partial charge < -0.3 is 5.11 Å². The minimum atomic E-state index is -0.0840. The second-order valence-electron chi connectivity index (χ2n) is 3.58. The summed E-state index contributed by atoms with van der Waals surface area (Å²) >= 11 is 0. The molecular formula is C11H20O2. The Kier molecular flexibility index (Phi) is 5.44. The molecule has 0 radical (unpaired) electrons. The van der Waals surface area contributed by atoms with Gasteiger partial charge in [-0.3, -0.25) is 4.79 Å². The lowest BCUT2D eigenvalue weighted by atomic mass is 9.87. The molecule has 0 fully saturated rings. The van der Waals surface area contributed by atoms with E-state index in [1.165, 1.54) is 13.0 Å². The molecule has 0 amide bonds. The fourth-order valence-electron chi connectivity index (χ4n) is 1.50. The Hall–Kier alpha value is -0.790. The van der Waals surface area contributed by atoms with E-state index in [-0.39, 0.29) is 17.5 Å². The van der Waals surface area contributed by atoms with E-state index in [1.807, 2.05) is 6.92 Å². The minimum Gasteiger partial charge on any atom is -0.512 e. The average molecular weight is 184 g/mol. The second-order valence-corrected chi connectivity index (χ2v) is 3.58. The number of carbonyl (C=O) groups excluding carboxylic acids is 1. The fraction of sp³-hybridized carbons (Fsp3) is 0.727. The molecule has 0 rings (SSSR count). The van der Waals surface area contributed by atoms with Crippen LogP contribution in [0.1, 0.15) is 40.5 Å². The number of rotatable bonds is 5. The minimum absolute atomic E-state index is 0.0840. The molecule has 0 spiro atoms. The van der Waals surface area contributed by atoms with E-state index in [1.54, 1.807) is 0 Å². The molecule has 2 heteroatoms. The summed E-state index contributed by atoms with van der Waals surface area (Å²) in [4.78, 5) is 10.7. The van der Waals surface area contributed by atoms with E-state index in [4.69, 9.17) is 0 Å². The molecule has 0 aliphatic carbocycles. The first-order chi connectivity index (χ1) is 6.02. The van der Waals surface area contributed by atoms with Gasteiger partial charge in [0.25, 0.3) is 0 Å². The zero-order valence-corrected chi connectivity index (χ0v) is 9.00. The van der Waals surface area contributed by atoms with Crippen molar-refractivity contribution in [1.82, 2.24) is 0 Å². The van der Waals surface area contributed by atoms with Gasteiger partial charge in [0.1, 0.15) is 0 Å². The molecule has 0 saturated carbocycles. The van der Waals surface area contributed by atoms with Crippen LogP contribution < -0.4 is 0 Å². The summed E-state index contributed by atoms with van der Waals surface area (Å²) < 4.78 is 0. The number of aliphatic hydroxyl groups is 1. The SMILES string of the molecule is CCC(C)C(CC)C(O)=CC(C)=O. The molecule has 0 aliphatic heterocycles. The molecule has 0 bridgehead atoms. The van der Waals surface area contributed by atoms with E-state index in [2.05, 4.69) is 13.8 Å². The molecule has 0 aromatic heterocycles. The predicted octanol–water partition coefficient (Wildman–Crippen LogP) is 3.09. The van der Waals surface area contributed by atoms with Crippen molar-refractivity contribution in [3.63, 3.8) is 0 Å². The van der Waals surface area contributed by atoms with E-state index < -0.39 is 0 Å². The van der Waals surface area contributed by atoms with E-state index >= 15 is 0 Å². The maximum atomic E-state index is 10.7. The van der Waals surface area contributed by atoms with Crippen molar-refractivity contribution in [1.29, 1.82) is 0 Å². The van der Waals surface area contributed by atoms with Gasteiger partial charge in [-0.05, 0) is 19.3 Å². The lowest BCUT2D eigenvalue weighted by Gasteiger charge is -2.20. The van der Waals surface area contributed by atoms with Gasteiger partial charge in [-0.2, -0.15) is 0 Å². The van der Waals surface area contributed by atoms with Crippen molar-refractivity contribution >= 4 is 5.78 Å². The van der Waals surface area contributed by atoms with Crippen LogP contribution in [-0.4, -0.2) is 10.9 Å². The Morgan fingerprint density at radius 1 is 1.38 bits per heavy atom. The van der Waals surface area contributed by atoms with Gasteiger partial charge in [0.15, 0.2) is 5.78 Å². The Balaban J connectivity index is 4.48. The highest BCUT2D eigenvalue weighted by atomic mass is 16.3. The molecule has 0 aromatic carbocycles. The maximum Gasteiger partial charge on any atom is 0.155 e. The van der Waals surface area contributed by atoms with Crippen LogP contribution in [0.15, 0.2) is 11.8 Å². The highest BCUT2D eigenvalue weighted by molar-refractivity contribution is 5.87. The van der Waals surface area contributed by atoms with Crippen molar-refractivity contribution in [2.75, 3.05) is 0 Å². The maximum absolute atomic E-state index is 10.7. The van der Waals surface area contributed by atoms with E-state index in [0.29, 0.717) is 5.92 Å². The Morgan fingerprint density at radius 2 is 1.92 bits per heavy atom. The van der Waals surface area contributed by atoms with Crippen LogP contribution in [0.2, 0.25) is 0 Å². The Labute approximate surface area is 80.7 Å². The quantitative estimate of drug-likeness (QED) is 0.526. The van der Waals surface area contributed by atoms with Crippen LogP contribution in [0.3, 0.4) is 0 Å². The van der Waals surface area contributed by atoms with Crippen LogP contribution >= 0.6 is 0 Å². The molecule has 76 valence electrons. The Morgan fingerprint density at radius 3 is 2.23 bits per heavy atom. The summed E-state index contributed by atoms with van der Waals surface area (Å²) in [6.45, 7) is 7.67. The van der Waals surface area contributed by atoms with Gasteiger partial charge in [-0.25, -0.2) is 0 Å². The molecule has 0 saturated heterocycles. The second kappa shape index (κ2) is 5.79. The number of allylic oxidation sites excluding steroid dienone is 2. The standard InChI is InChI=1S/C11H20O2/c1-5-8(3)10(6-2)11(13)7-9(4)12/h7-8,10,13H,5-6H2,1-4H3. The van der Waals surface area contributed by atoms with Gasteiger partial charge in [-0.15, -0.1) is 0 Å². The largest absolute Gasteiger partial charge is 0.512 e. The highest BCUT2D eigenvalue weighted by Gasteiger charge is 2.17. The number of carbonyl (C=O) groups is 1. The van der Waals surface area contributed by atoms with Crippen LogP contribution in [0.5, 0.6) is 0 Å². The first-order valence-corrected chi connectivity index (χ1v) is 4.94. The Bertz CT molecular complexity index is 194. The summed E-state index contributed by atoms with van der Waals surface area (Å²) in [7, 11) is 0. The molecule has 1 N–H and O–H groups in total. The lowest BCUT2D eigenvalue weighted by molar-refractivity contribution is -0.112. The highest BCUT2D eigenvalue weighted by Crippen LogP contribution is 2.24. The first-order valence-electron chi connectivity index (χ1n) is 4.94. The number of aliphatic hydroxyl groups excluding tert-OH is 1. The van der Waals surface area contributed by atoms with Gasteiger partial charge >= 0.3 is 0 Å². The van der Waals surface area contributed by atoms with E-state index in [9.17, 15) is 9.90 Å². The molecule has 2 nitrogen and oxygen atoms in total. The van der Waals surface area contributed by atoms with E-state index in [0.717, 1.165) is 12.8 Å². The van der Waals surface area contributed by atoms with Crippen LogP contribution in [-0.2, 0) is 4.79 Å². The normalized spacial score (nSPS) is 16.8. The van der Waals surface area contributed by atoms with Crippen LogP contribution in [0.25, 0.3) is 0 Å². The summed E-state index contributed by atoms with van der Waals surface area (Å²) in [5.41, 5.74) is 0. The van der Waals surface area contributed by atoms with Gasteiger partial charge in [0, 0.05) is 12.0 Å². The van der Waals surface area contributed by atoms with Crippen molar-refractivity contribution in [3.05, 3.63) is 11.8 Å². The molecule has 2 unspecified atom stereocenters. The zero-order valence-electron chi connectivity index (χ0n) is 9.00. The molecule has 2 atom stereocenters. The molecule has 0 aliphatic rings. The average Bonchev–Trinajstić information content (AvgIpc) is 2.03. The van der Waals surface area contributed by atoms with Crippen molar-refractivity contribution < 1.29 is 9.90 Å². The summed E-state index contributed by atoms with van der Waals surface area (Å²) in [6, 6.07) is 0. The number of hydrogen-bond acceptors (Lipinski definition) is 2. The molecule has 0 heterocycles. The van der Waals surface area contributed by atoms with Gasteiger partial charge in [-0.1, -0.05) is 27.2 Å². The lowest BCUT2D eigenvalue weighted by Crippen LogP contribution is -2.13. The molecular weight excluding hydrogens is 164 g/mol. The zero-order chi connectivity index (χ0) is 10.4. The topological polar surface area (TPSA) is 37.3 Å². The van der Waals surface area contributed by atoms with Crippen molar-refractivity contribution in [2.24, 2.45) is 11.8 Å². The third kappa shape index (κ3) is 4.11. The van der Waals surface area contributed by atoms with Gasteiger partial charge in [0.2, 0.25) is 0 Å². The third-order valence-electron chi connectivity index (χ3n) is 2.50. The summed E-state index contributed by atoms with van der Waals surface area (Å²) in [5.74, 6) is 0.720. The summed E-state index contributed by atoms with van der Waals surface area (Å²) in [6.07, 6.45) is 3.24. The number of ketones is 1. The van der Waals surface area contributed by atoms with Crippen molar-refractivity contribution in [3.8, 4) is 0 Å². The molecule has 13 heavy (non-hydrogen) atoms. The van der Waals surface area contributed by atoms with Crippen molar-refractivity contribution in [2.45, 2.75) is 40.5 Å². The third-order valence-corrected chi connectivity index (χ3v) is 2.50. The fourth-order valence-corrected chi connectivity index (χ4v) is 1.50. The van der Waals surface area contributed by atoms with Crippen LogP contribution in [0, 0.1) is 11.8 Å². The van der Waals surface area contributed by atoms with Crippen LogP contribution in [0.4, 0.5) is 0 Å². The number of hydrogen-bond donors (Lipinski definition) is 1. The predicted molar refractivity (Wildman–Crippen MR) is 54.6 cm³/mol. The van der Waals surface area contributed by atoms with Gasteiger partial charge in [0.05, 0.1) is 5.76 Å². The molecule has 0 aromatic rings. The summed E-state index contributed by atoms with van der Waals surface area (Å²) in [5, 5.41) is 9.62. The smallest absolute Gasteiger partial charge is 0.155 e. The first kappa shape index (κ1) is 12.2. The monoisotopic (exact) mass is 184 g/mol.